The Labute approximate surface area is 103 Å². The molecular weight excluding hydrogens is 246 g/mol. The van der Waals surface area contributed by atoms with Gasteiger partial charge in [0.1, 0.15) is 5.82 Å². The average molecular weight is 261 g/mol. The van der Waals surface area contributed by atoms with Gasteiger partial charge in [-0.3, -0.25) is 0 Å². The van der Waals surface area contributed by atoms with Gasteiger partial charge in [-0.2, -0.15) is 13.2 Å². The van der Waals surface area contributed by atoms with Crippen LogP contribution in [0, 0.1) is 11.2 Å². The summed E-state index contributed by atoms with van der Waals surface area (Å²) in [6, 6.07) is 2.70. The predicted molar refractivity (Wildman–Crippen MR) is 60.5 cm³/mol. The van der Waals surface area contributed by atoms with Crippen molar-refractivity contribution in [1.29, 1.82) is 0 Å². The molecule has 2 rings (SSSR count). The summed E-state index contributed by atoms with van der Waals surface area (Å²) in [7, 11) is 0. The summed E-state index contributed by atoms with van der Waals surface area (Å²) < 4.78 is 51.3. The van der Waals surface area contributed by atoms with E-state index in [4.69, 9.17) is 5.73 Å². The molecule has 0 saturated heterocycles. The number of alkyl halides is 3. The smallest absolute Gasteiger partial charge is 0.330 e. The first-order valence-electron chi connectivity index (χ1n) is 5.71. The molecule has 0 aromatic heterocycles. The summed E-state index contributed by atoms with van der Waals surface area (Å²) >= 11 is 0. The van der Waals surface area contributed by atoms with Crippen molar-refractivity contribution in [3.8, 4) is 0 Å². The molecule has 1 aromatic rings. The van der Waals surface area contributed by atoms with Crippen LogP contribution in [0.5, 0.6) is 0 Å². The zero-order valence-electron chi connectivity index (χ0n) is 10.2. The van der Waals surface area contributed by atoms with Gasteiger partial charge < -0.3 is 5.73 Å². The van der Waals surface area contributed by atoms with Crippen molar-refractivity contribution >= 4 is 0 Å². The molecule has 2 N–H and O–H groups in total. The maximum absolute atomic E-state index is 13.9. The maximum Gasteiger partial charge on any atom is 0.416 e. The first-order chi connectivity index (χ1) is 8.14. The first-order valence-corrected chi connectivity index (χ1v) is 5.71. The molecule has 0 spiro atoms. The van der Waals surface area contributed by atoms with Crippen molar-refractivity contribution in [2.75, 3.05) is 6.54 Å². The normalized spacial score (nSPS) is 26.2. The second-order valence-electron chi connectivity index (χ2n) is 5.54. The monoisotopic (exact) mass is 261 g/mol. The molecule has 1 aromatic carbocycles. The molecule has 1 nitrogen and oxygen atoms in total. The van der Waals surface area contributed by atoms with E-state index in [0.29, 0.717) is 18.1 Å². The fourth-order valence-electron chi connectivity index (χ4n) is 2.71. The molecule has 0 radical (unpaired) electrons. The van der Waals surface area contributed by atoms with E-state index < -0.39 is 23.0 Å². The molecule has 0 aliphatic heterocycles. The van der Waals surface area contributed by atoms with Gasteiger partial charge in [-0.05, 0) is 29.5 Å². The van der Waals surface area contributed by atoms with Crippen molar-refractivity contribution in [2.24, 2.45) is 11.1 Å². The third kappa shape index (κ3) is 1.81. The highest BCUT2D eigenvalue weighted by molar-refractivity contribution is 5.40. The Balaban J connectivity index is 2.44. The minimum Gasteiger partial charge on any atom is -0.330 e. The average Bonchev–Trinajstić information content (AvgIpc) is 2.80. The van der Waals surface area contributed by atoms with Gasteiger partial charge in [0, 0.05) is 12.0 Å². The van der Waals surface area contributed by atoms with Gasteiger partial charge in [0.15, 0.2) is 0 Å². The highest BCUT2D eigenvalue weighted by Gasteiger charge is 2.62. The number of hydrogen-bond donors (Lipinski definition) is 1. The lowest BCUT2D eigenvalue weighted by atomic mass is 9.87. The van der Waals surface area contributed by atoms with Crippen molar-refractivity contribution in [3.63, 3.8) is 0 Å². The van der Waals surface area contributed by atoms with Crippen LogP contribution in [0.1, 0.15) is 31.4 Å². The molecule has 0 bridgehead atoms. The van der Waals surface area contributed by atoms with E-state index in [1.165, 1.54) is 6.07 Å². The SMILES string of the molecule is CC1(C)CC1(CN)c1ccc(C(F)(F)F)cc1F. The van der Waals surface area contributed by atoms with Crippen LogP contribution in [-0.2, 0) is 11.6 Å². The predicted octanol–water partition coefficient (Wildman–Crippen LogP) is 3.47. The largest absolute Gasteiger partial charge is 0.416 e. The van der Waals surface area contributed by atoms with E-state index in [9.17, 15) is 17.6 Å². The van der Waals surface area contributed by atoms with Gasteiger partial charge in [0.05, 0.1) is 5.56 Å². The van der Waals surface area contributed by atoms with Gasteiger partial charge in [-0.1, -0.05) is 19.9 Å². The number of hydrogen-bond acceptors (Lipinski definition) is 1. The Kier molecular flexibility index (Phi) is 2.74. The lowest BCUT2D eigenvalue weighted by Gasteiger charge is -2.20. The van der Waals surface area contributed by atoms with Crippen molar-refractivity contribution in [2.45, 2.75) is 31.9 Å². The fourth-order valence-corrected chi connectivity index (χ4v) is 2.71. The van der Waals surface area contributed by atoms with Gasteiger partial charge in [-0.15, -0.1) is 0 Å². The fraction of sp³-hybridized carbons (Fsp3) is 0.538. The van der Waals surface area contributed by atoms with Gasteiger partial charge in [0.2, 0.25) is 0 Å². The zero-order chi connectivity index (χ0) is 13.8. The van der Waals surface area contributed by atoms with Gasteiger partial charge >= 0.3 is 6.18 Å². The van der Waals surface area contributed by atoms with Crippen LogP contribution in [0.4, 0.5) is 17.6 Å². The van der Waals surface area contributed by atoms with Crippen LogP contribution >= 0.6 is 0 Å². The molecule has 0 amide bonds. The van der Waals surface area contributed by atoms with Crippen molar-refractivity contribution < 1.29 is 17.6 Å². The lowest BCUT2D eigenvalue weighted by Crippen LogP contribution is -2.26. The summed E-state index contributed by atoms with van der Waals surface area (Å²) in [5.41, 5.74) is 4.32. The summed E-state index contributed by atoms with van der Waals surface area (Å²) in [6.07, 6.45) is -3.83. The van der Waals surface area contributed by atoms with Crippen LogP contribution in [0.3, 0.4) is 0 Å². The van der Waals surface area contributed by atoms with Crippen LogP contribution in [-0.4, -0.2) is 6.54 Å². The minimum absolute atomic E-state index is 0.164. The molecule has 1 saturated carbocycles. The van der Waals surface area contributed by atoms with E-state index in [1.54, 1.807) is 0 Å². The maximum atomic E-state index is 13.9. The van der Waals surface area contributed by atoms with Crippen LogP contribution < -0.4 is 5.73 Å². The van der Waals surface area contributed by atoms with Crippen molar-refractivity contribution in [3.05, 3.63) is 35.1 Å². The lowest BCUT2D eigenvalue weighted by molar-refractivity contribution is -0.137. The van der Waals surface area contributed by atoms with Crippen LogP contribution in [0.15, 0.2) is 18.2 Å². The second kappa shape index (κ2) is 3.70. The minimum atomic E-state index is -4.52. The quantitative estimate of drug-likeness (QED) is 0.810. The van der Waals surface area contributed by atoms with E-state index in [0.717, 1.165) is 6.07 Å². The number of rotatable bonds is 2. The number of halogens is 4. The van der Waals surface area contributed by atoms with Gasteiger partial charge in [0.25, 0.3) is 0 Å². The first kappa shape index (κ1) is 13.3. The third-order valence-electron chi connectivity index (χ3n) is 4.07. The van der Waals surface area contributed by atoms with E-state index in [1.807, 2.05) is 13.8 Å². The summed E-state index contributed by atoms with van der Waals surface area (Å²) in [5, 5.41) is 0. The molecule has 1 aliphatic rings. The van der Waals surface area contributed by atoms with Crippen LogP contribution in [0.25, 0.3) is 0 Å². The zero-order valence-corrected chi connectivity index (χ0v) is 10.2. The second-order valence-corrected chi connectivity index (χ2v) is 5.54. The summed E-state index contributed by atoms with van der Waals surface area (Å²) in [6.45, 7) is 4.12. The van der Waals surface area contributed by atoms with Crippen molar-refractivity contribution in [1.82, 2.24) is 0 Å². The number of nitrogens with two attached hydrogens (primary N) is 1. The van der Waals surface area contributed by atoms with E-state index in [-0.39, 0.29) is 12.0 Å². The Hall–Kier alpha value is -1.10. The Morgan fingerprint density at radius 1 is 1.28 bits per heavy atom. The van der Waals surface area contributed by atoms with E-state index >= 15 is 0 Å². The Morgan fingerprint density at radius 3 is 2.17 bits per heavy atom. The molecule has 1 unspecified atom stereocenters. The molecular formula is C13H15F4N. The number of benzene rings is 1. The molecule has 1 atom stereocenters. The Morgan fingerprint density at radius 2 is 1.83 bits per heavy atom. The molecule has 5 heteroatoms. The molecule has 0 heterocycles. The highest BCUT2D eigenvalue weighted by atomic mass is 19.4. The highest BCUT2D eigenvalue weighted by Crippen LogP contribution is 2.64. The molecule has 1 aliphatic carbocycles. The third-order valence-corrected chi connectivity index (χ3v) is 4.07. The van der Waals surface area contributed by atoms with Crippen LogP contribution in [0.2, 0.25) is 0 Å². The molecule has 100 valence electrons. The molecule has 1 fully saturated rings. The Bertz CT molecular complexity index is 478. The standard InChI is InChI=1S/C13H15F4N/c1-11(2)6-12(11,7-18)9-4-3-8(5-10(9)14)13(15,16)17/h3-5H,6-7,18H2,1-2H3. The van der Waals surface area contributed by atoms with E-state index in [2.05, 4.69) is 0 Å². The topological polar surface area (TPSA) is 26.0 Å². The summed E-state index contributed by atoms with van der Waals surface area (Å²) in [5.74, 6) is -0.819. The summed E-state index contributed by atoms with van der Waals surface area (Å²) in [4.78, 5) is 0. The van der Waals surface area contributed by atoms with Gasteiger partial charge in [-0.25, -0.2) is 4.39 Å². The molecule has 18 heavy (non-hydrogen) atoms.